The second-order valence-corrected chi connectivity index (χ2v) is 8.89. The number of nitrogens with one attached hydrogen (secondary N) is 2. The monoisotopic (exact) mass is 573 g/mol. The Morgan fingerprint density at radius 2 is 2.00 bits per heavy atom. The van der Waals surface area contributed by atoms with Crippen molar-refractivity contribution in [3.63, 3.8) is 0 Å². The van der Waals surface area contributed by atoms with E-state index in [1.54, 1.807) is 25.6 Å². The highest BCUT2D eigenvalue weighted by Crippen LogP contribution is 2.25. The molecule has 0 spiro atoms. The zero-order valence-electron chi connectivity index (χ0n) is 19.5. The fourth-order valence-electron chi connectivity index (χ4n) is 3.79. The van der Waals surface area contributed by atoms with Crippen LogP contribution in [0.25, 0.3) is 0 Å². The predicted molar refractivity (Wildman–Crippen MR) is 143 cm³/mol. The Morgan fingerprint density at radius 3 is 2.62 bits per heavy atom. The number of ether oxygens (including phenoxy) is 2. The van der Waals surface area contributed by atoms with Gasteiger partial charge in [0.15, 0.2) is 5.96 Å². The Hall–Kier alpha value is -1.59. The average Bonchev–Trinajstić information content (AvgIpc) is 3.21. The van der Waals surface area contributed by atoms with Crippen molar-refractivity contribution in [1.82, 2.24) is 20.5 Å². The van der Waals surface area contributed by atoms with E-state index < -0.39 is 0 Å². The molecule has 0 atom stereocenters. The average molecular weight is 574 g/mol. The largest absolute Gasteiger partial charge is 0.497 e. The number of rotatable bonds is 9. The molecule has 1 fully saturated rings. The molecule has 3 rings (SSSR count). The van der Waals surface area contributed by atoms with Gasteiger partial charge in [0.1, 0.15) is 11.5 Å². The molecule has 1 aromatic carbocycles. The highest BCUT2D eigenvalue weighted by molar-refractivity contribution is 14.0. The van der Waals surface area contributed by atoms with Crippen molar-refractivity contribution < 1.29 is 9.47 Å². The Morgan fingerprint density at radius 1 is 1.22 bits per heavy atom. The van der Waals surface area contributed by atoms with Gasteiger partial charge in [-0.25, -0.2) is 9.98 Å². The molecule has 9 heteroatoms. The van der Waals surface area contributed by atoms with E-state index in [9.17, 15) is 0 Å². The first-order chi connectivity index (χ1) is 15.1. The number of aryl methyl sites for hydroxylation is 1. The van der Waals surface area contributed by atoms with Gasteiger partial charge in [-0.3, -0.25) is 4.90 Å². The van der Waals surface area contributed by atoms with Gasteiger partial charge in [0, 0.05) is 36.6 Å². The second-order valence-electron chi connectivity index (χ2n) is 7.83. The second kappa shape index (κ2) is 13.8. The van der Waals surface area contributed by atoms with E-state index in [0.717, 1.165) is 60.8 Å². The molecule has 178 valence electrons. The number of guanidine groups is 1. The summed E-state index contributed by atoms with van der Waals surface area (Å²) >= 11 is 1.73. The minimum Gasteiger partial charge on any atom is -0.497 e. The Bertz CT molecular complexity index is 853. The summed E-state index contributed by atoms with van der Waals surface area (Å²) in [5.41, 5.74) is 2.24. The minimum absolute atomic E-state index is 0. The molecule has 1 aliphatic heterocycles. The van der Waals surface area contributed by atoms with Crippen LogP contribution >= 0.6 is 35.3 Å². The van der Waals surface area contributed by atoms with Crippen molar-refractivity contribution in [3.8, 4) is 11.5 Å². The van der Waals surface area contributed by atoms with Crippen molar-refractivity contribution >= 4 is 41.3 Å². The lowest BCUT2D eigenvalue weighted by Crippen LogP contribution is -2.42. The van der Waals surface area contributed by atoms with Gasteiger partial charge >= 0.3 is 0 Å². The standard InChI is InChI=1S/C23H35N5O2S.HI/c1-5-24-23(26-14-19-6-7-21(29-3)12-22(19)30-4)25-13-18-8-10-28(11-9-18)15-20-16-31-17(2)27-20;/h6-7,12,16,18H,5,8-11,13-15H2,1-4H3,(H2,24,25,26);1H. The summed E-state index contributed by atoms with van der Waals surface area (Å²) in [6.45, 7) is 9.70. The van der Waals surface area contributed by atoms with Crippen LogP contribution in [0.5, 0.6) is 11.5 Å². The number of aromatic nitrogens is 1. The van der Waals surface area contributed by atoms with Gasteiger partial charge in [0.05, 0.1) is 31.5 Å². The molecule has 32 heavy (non-hydrogen) atoms. The number of hydrogen-bond donors (Lipinski definition) is 2. The summed E-state index contributed by atoms with van der Waals surface area (Å²) in [5, 5.41) is 10.2. The summed E-state index contributed by atoms with van der Waals surface area (Å²) in [5.74, 6) is 3.08. The summed E-state index contributed by atoms with van der Waals surface area (Å²) in [4.78, 5) is 11.9. The van der Waals surface area contributed by atoms with Crippen molar-refractivity contribution in [3.05, 3.63) is 39.8 Å². The van der Waals surface area contributed by atoms with Crippen molar-refractivity contribution in [2.75, 3.05) is 40.4 Å². The number of hydrogen-bond acceptors (Lipinski definition) is 6. The van der Waals surface area contributed by atoms with E-state index in [4.69, 9.17) is 14.5 Å². The lowest BCUT2D eigenvalue weighted by atomic mass is 9.97. The lowest BCUT2D eigenvalue weighted by molar-refractivity contribution is 0.176. The third-order valence-electron chi connectivity index (χ3n) is 5.56. The molecule has 2 heterocycles. The van der Waals surface area contributed by atoms with Crippen LogP contribution in [0.2, 0.25) is 0 Å². The van der Waals surface area contributed by atoms with Crippen molar-refractivity contribution in [2.45, 2.75) is 39.8 Å². The number of nitrogens with zero attached hydrogens (tertiary/aromatic N) is 3. The molecule has 0 radical (unpaired) electrons. The minimum atomic E-state index is 0. The van der Waals surface area contributed by atoms with E-state index in [0.29, 0.717) is 12.5 Å². The third kappa shape index (κ3) is 8.08. The Balaban J connectivity index is 0.00000363. The molecule has 0 saturated carbocycles. The van der Waals surface area contributed by atoms with Crippen LogP contribution in [0.3, 0.4) is 0 Å². The zero-order chi connectivity index (χ0) is 22.1. The van der Waals surface area contributed by atoms with Crippen LogP contribution in [0, 0.1) is 12.8 Å². The number of piperidine rings is 1. The van der Waals surface area contributed by atoms with Crippen molar-refractivity contribution in [2.24, 2.45) is 10.9 Å². The van der Waals surface area contributed by atoms with Gasteiger partial charge in [-0.05, 0) is 57.8 Å². The summed E-state index contributed by atoms with van der Waals surface area (Å²) in [6.07, 6.45) is 2.39. The third-order valence-corrected chi connectivity index (χ3v) is 6.39. The molecule has 0 bridgehead atoms. The fourth-order valence-corrected chi connectivity index (χ4v) is 4.39. The predicted octanol–water partition coefficient (Wildman–Crippen LogP) is 4.05. The number of likely N-dealkylation sites (tertiary alicyclic amines) is 1. The molecule has 2 aromatic rings. The van der Waals surface area contributed by atoms with Crippen LogP contribution < -0.4 is 20.1 Å². The maximum Gasteiger partial charge on any atom is 0.191 e. The topological polar surface area (TPSA) is 71.0 Å². The summed E-state index contributed by atoms with van der Waals surface area (Å²) in [6, 6.07) is 5.84. The number of methoxy groups -OCH3 is 2. The highest BCUT2D eigenvalue weighted by atomic mass is 127. The smallest absolute Gasteiger partial charge is 0.191 e. The van der Waals surface area contributed by atoms with Crippen LogP contribution in [0.15, 0.2) is 28.6 Å². The van der Waals surface area contributed by atoms with E-state index in [1.807, 2.05) is 18.2 Å². The van der Waals surface area contributed by atoms with Crippen LogP contribution in [0.1, 0.15) is 36.0 Å². The Kier molecular flexibility index (Phi) is 11.5. The molecule has 1 saturated heterocycles. The normalized spacial score (nSPS) is 15.2. The van der Waals surface area contributed by atoms with E-state index in [-0.39, 0.29) is 24.0 Å². The molecular formula is C23H36IN5O2S. The molecular weight excluding hydrogens is 537 g/mol. The quantitative estimate of drug-likeness (QED) is 0.268. The van der Waals surface area contributed by atoms with Gasteiger partial charge in [-0.2, -0.15) is 0 Å². The number of thiazole rings is 1. The van der Waals surface area contributed by atoms with Gasteiger partial charge < -0.3 is 20.1 Å². The van der Waals surface area contributed by atoms with Crippen LogP contribution in [-0.4, -0.2) is 56.2 Å². The van der Waals surface area contributed by atoms with Gasteiger partial charge in [-0.1, -0.05) is 0 Å². The van der Waals surface area contributed by atoms with Crippen molar-refractivity contribution in [1.29, 1.82) is 0 Å². The summed E-state index contributed by atoms with van der Waals surface area (Å²) < 4.78 is 10.8. The Labute approximate surface area is 213 Å². The van der Waals surface area contributed by atoms with Gasteiger partial charge in [-0.15, -0.1) is 35.3 Å². The molecule has 1 aromatic heterocycles. The molecule has 1 aliphatic rings. The van der Waals surface area contributed by atoms with Crippen LogP contribution in [0.4, 0.5) is 0 Å². The molecule has 0 aliphatic carbocycles. The van der Waals surface area contributed by atoms with Crippen LogP contribution in [-0.2, 0) is 13.1 Å². The lowest BCUT2D eigenvalue weighted by Gasteiger charge is -2.31. The highest BCUT2D eigenvalue weighted by Gasteiger charge is 2.20. The number of aliphatic imine (C=N–C) groups is 1. The maximum absolute atomic E-state index is 5.49. The van der Waals surface area contributed by atoms with E-state index in [1.165, 1.54) is 18.5 Å². The van der Waals surface area contributed by atoms with E-state index >= 15 is 0 Å². The SMILES string of the molecule is CCNC(=NCc1ccc(OC)cc1OC)NCC1CCN(Cc2csc(C)n2)CC1.I. The fraction of sp³-hybridized carbons (Fsp3) is 0.565. The molecule has 2 N–H and O–H groups in total. The first kappa shape index (κ1) is 26.7. The number of benzene rings is 1. The molecule has 0 unspecified atom stereocenters. The first-order valence-corrected chi connectivity index (χ1v) is 11.9. The maximum atomic E-state index is 5.49. The molecule has 0 amide bonds. The van der Waals surface area contributed by atoms with Gasteiger partial charge in [0.25, 0.3) is 0 Å². The van der Waals surface area contributed by atoms with E-state index in [2.05, 4.69) is 39.7 Å². The zero-order valence-corrected chi connectivity index (χ0v) is 22.7. The van der Waals surface area contributed by atoms with Gasteiger partial charge in [0.2, 0.25) is 0 Å². The molecule has 7 nitrogen and oxygen atoms in total. The summed E-state index contributed by atoms with van der Waals surface area (Å²) in [7, 11) is 3.33. The number of halogens is 1. The first-order valence-electron chi connectivity index (χ1n) is 11.0.